The van der Waals surface area contributed by atoms with E-state index in [-0.39, 0.29) is 18.4 Å². The highest BCUT2D eigenvalue weighted by Crippen LogP contribution is 2.37. The summed E-state index contributed by atoms with van der Waals surface area (Å²) in [6, 6.07) is 13.9. The maximum atomic E-state index is 14.4. The number of rotatable bonds is 4. The van der Waals surface area contributed by atoms with Crippen LogP contribution in [0.2, 0.25) is 5.02 Å². The van der Waals surface area contributed by atoms with E-state index in [1.807, 2.05) is 0 Å². The molecule has 33 heavy (non-hydrogen) atoms. The number of likely N-dealkylation sites (N-methyl/N-ethyl adjacent to an activating group) is 1. The van der Waals surface area contributed by atoms with Gasteiger partial charge in [-0.05, 0) is 31.0 Å². The van der Waals surface area contributed by atoms with Crippen LogP contribution in [0.1, 0.15) is 28.8 Å². The van der Waals surface area contributed by atoms with E-state index in [2.05, 4.69) is 6.07 Å². The Morgan fingerprint density at radius 1 is 1.18 bits per heavy atom. The van der Waals surface area contributed by atoms with Crippen molar-refractivity contribution in [3.63, 3.8) is 0 Å². The van der Waals surface area contributed by atoms with E-state index in [1.54, 1.807) is 66.2 Å². The van der Waals surface area contributed by atoms with Crippen LogP contribution in [0.5, 0.6) is 0 Å². The van der Waals surface area contributed by atoms with Gasteiger partial charge in [0.15, 0.2) is 0 Å². The van der Waals surface area contributed by atoms with Gasteiger partial charge in [-0.15, -0.1) is 0 Å². The number of likely N-dealkylation sites (tertiary alicyclic amines) is 1. The summed E-state index contributed by atoms with van der Waals surface area (Å²) in [5.74, 6) is -0.685. The molecule has 4 rings (SSSR count). The standard InChI is InChI=1S/C25H24ClFN4O2/c1-29(2)23(32)15-31-14-19(18-8-7-17(26)13-22(18)31)24(33)30-11-9-25(16-28,10-12-30)20-5-3-4-6-21(20)27/h3-8,13-14H,9-12,15H2,1-2H3. The molecule has 2 amide bonds. The molecular formula is C25H24ClFN4O2. The molecule has 0 atom stereocenters. The van der Waals surface area contributed by atoms with Crippen molar-refractivity contribution >= 4 is 34.3 Å². The van der Waals surface area contributed by atoms with Crippen LogP contribution >= 0.6 is 11.6 Å². The van der Waals surface area contributed by atoms with E-state index >= 15 is 0 Å². The van der Waals surface area contributed by atoms with E-state index in [9.17, 15) is 19.2 Å². The summed E-state index contributed by atoms with van der Waals surface area (Å²) in [4.78, 5) is 29.0. The third-order valence-electron chi connectivity index (χ3n) is 6.39. The first-order valence-corrected chi connectivity index (χ1v) is 11.1. The topological polar surface area (TPSA) is 69.3 Å². The number of fused-ring (bicyclic) bond motifs is 1. The van der Waals surface area contributed by atoms with Gasteiger partial charge in [-0.2, -0.15) is 5.26 Å². The van der Waals surface area contributed by atoms with Gasteiger partial charge in [-0.1, -0.05) is 35.9 Å². The second-order valence-electron chi connectivity index (χ2n) is 8.59. The number of amides is 2. The molecule has 1 aromatic heterocycles. The molecule has 0 radical (unpaired) electrons. The lowest BCUT2D eigenvalue weighted by Gasteiger charge is -2.37. The summed E-state index contributed by atoms with van der Waals surface area (Å²) in [7, 11) is 3.36. The quantitative estimate of drug-likeness (QED) is 0.578. The van der Waals surface area contributed by atoms with Gasteiger partial charge < -0.3 is 14.4 Å². The Bertz CT molecular complexity index is 1270. The van der Waals surface area contributed by atoms with Gasteiger partial charge in [0.1, 0.15) is 12.4 Å². The molecule has 1 saturated heterocycles. The van der Waals surface area contributed by atoms with Crippen LogP contribution in [0.4, 0.5) is 4.39 Å². The SMILES string of the molecule is CN(C)C(=O)Cn1cc(C(=O)N2CCC(C#N)(c3ccccc3F)CC2)c2ccc(Cl)cc21. The number of carbonyl (C=O) groups excluding carboxylic acids is 2. The molecule has 0 N–H and O–H groups in total. The maximum Gasteiger partial charge on any atom is 0.256 e. The van der Waals surface area contributed by atoms with Crippen molar-refractivity contribution in [1.82, 2.24) is 14.4 Å². The van der Waals surface area contributed by atoms with Crippen molar-refractivity contribution in [1.29, 1.82) is 5.26 Å². The molecule has 1 fully saturated rings. The predicted octanol–water partition coefficient (Wildman–Crippen LogP) is 4.22. The summed E-state index contributed by atoms with van der Waals surface area (Å²) in [5, 5.41) is 11.1. The summed E-state index contributed by atoms with van der Waals surface area (Å²) >= 11 is 6.18. The molecule has 0 spiro atoms. The van der Waals surface area contributed by atoms with E-state index in [0.717, 1.165) is 0 Å². The second-order valence-corrected chi connectivity index (χ2v) is 9.02. The van der Waals surface area contributed by atoms with Gasteiger partial charge in [0.2, 0.25) is 5.91 Å². The number of aromatic nitrogens is 1. The Morgan fingerprint density at radius 2 is 1.88 bits per heavy atom. The number of hydrogen-bond acceptors (Lipinski definition) is 3. The van der Waals surface area contributed by atoms with E-state index in [0.29, 0.717) is 53.0 Å². The van der Waals surface area contributed by atoms with E-state index < -0.39 is 11.2 Å². The summed E-state index contributed by atoms with van der Waals surface area (Å²) in [6.07, 6.45) is 2.38. The number of carbonyl (C=O) groups is 2. The Labute approximate surface area is 196 Å². The third kappa shape index (κ3) is 4.19. The van der Waals surface area contributed by atoms with Crippen LogP contribution in [0.3, 0.4) is 0 Å². The lowest BCUT2D eigenvalue weighted by atomic mass is 9.73. The molecule has 0 bridgehead atoms. The fraction of sp³-hybridized carbons (Fsp3) is 0.320. The van der Waals surface area contributed by atoms with Crippen molar-refractivity contribution < 1.29 is 14.0 Å². The van der Waals surface area contributed by atoms with Gasteiger partial charge >= 0.3 is 0 Å². The van der Waals surface area contributed by atoms with Crippen LogP contribution in [0.25, 0.3) is 10.9 Å². The molecule has 2 aromatic carbocycles. The van der Waals surface area contributed by atoms with Crippen LogP contribution in [0, 0.1) is 17.1 Å². The molecule has 0 aliphatic carbocycles. The number of piperidine rings is 1. The zero-order valence-corrected chi connectivity index (χ0v) is 19.3. The highest BCUT2D eigenvalue weighted by molar-refractivity contribution is 6.31. The number of benzene rings is 2. The van der Waals surface area contributed by atoms with Crippen LogP contribution < -0.4 is 0 Å². The molecule has 8 heteroatoms. The summed E-state index contributed by atoms with van der Waals surface area (Å²) < 4.78 is 16.2. The smallest absolute Gasteiger partial charge is 0.256 e. The fourth-order valence-corrected chi connectivity index (χ4v) is 4.57. The van der Waals surface area contributed by atoms with Crippen LogP contribution in [0.15, 0.2) is 48.7 Å². The molecule has 1 aliphatic heterocycles. The first-order chi connectivity index (χ1) is 15.8. The number of hydrogen-bond donors (Lipinski definition) is 0. The second kappa shape index (κ2) is 8.87. The van der Waals surface area contributed by atoms with E-state index in [4.69, 9.17) is 11.6 Å². The maximum absolute atomic E-state index is 14.4. The average molecular weight is 467 g/mol. The van der Waals surface area contributed by atoms with Gasteiger partial charge in [-0.25, -0.2) is 4.39 Å². The Balaban J connectivity index is 1.62. The zero-order valence-electron chi connectivity index (χ0n) is 18.5. The van der Waals surface area contributed by atoms with Gasteiger partial charge in [0.25, 0.3) is 5.91 Å². The minimum Gasteiger partial charge on any atom is -0.347 e. The zero-order chi connectivity index (χ0) is 23.8. The molecule has 1 aliphatic rings. The van der Waals surface area contributed by atoms with E-state index in [1.165, 1.54) is 11.0 Å². The summed E-state index contributed by atoms with van der Waals surface area (Å²) in [5.41, 5.74) is 0.606. The number of nitriles is 1. The lowest BCUT2D eigenvalue weighted by molar-refractivity contribution is -0.129. The first kappa shape index (κ1) is 22.8. The predicted molar refractivity (Wildman–Crippen MR) is 124 cm³/mol. The average Bonchev–Trinajstić information content (AvgIpc) is 3.16. The van der Waals surface area contributed by atoms with Gasteiger partial charge in [0.05, 0.1) is 22.6 Å². The minimum atomic E-state index is -0.957. The van der Waals surface area contributed by atoms with Crippen molar-refractivity contribution in [3.8, 4) is 6.07 Å². The van der Waals surface area contributed by atoms with Crippen LogP contribution in [-0.2, 0) is 16.8 Å². The minimum absolute atomic E-state index is 0.0853. The Morgan fingerprint density at radius 3 is 2.52 bits per heavy atom. The molecular weight excluding hydrogens is 443 g/mol. The number of halogens is 2. The highest BCUT2D eigenvalue weighted by Gasteiger charge is 2.40. The van der Waals surface area contributed by atoms with Crippen molar-refractivity contribution in [2.24, 2.45) is 0 Å². The first-order valence-electron chi connectivity index (χ1n) is 10.7. The van der Waals surface area contributed by atoms with Gasteiger partial charge in [0, 0.05) is 49.4 Å². The summed E-state index contributed by atoms with van der Waals surface area (Å²) in [6.45, 7) is 0.747. The molecule has 0 unspecified atom stereocenters. The Hall–Kier alpha value is -3.37. The Kier molecular flexibility index (Phi) is 6.13. The molecule has 6 nitrogen and oxygen atoms in total. The largest absolute Gasteiger partial charge is 0.347 e. The monoisotopic (exact) mass is 466 g/mol. The molecule has 2 heterocycles. The lowest BCUT2D eigenvalue weighted by Crippen LogP contribution is -2.45. The molecule has 170 valence electrons. The van der Waals surface area contributed by atoms with Gasteiger partial charge in [-0.3, -0.25) is 9.59 Å². The number of nitrogens with zero attached hydrogens (tertiary/aromatic N) is 4. The highest BCUT2D eigenvalue weighted by atomic mass is 35.5. The molecule has 3 aromatic rings. The fourth-order valence-electron chi connectivity index (χ4n) is 4.41. The molecule has 0 saturated carbocycles. The normalized spacial score (nSPS) is 15.3. The third-order valence-corrected chi connectivity index (χ3v) is 6.62. The van der Waals surface area contributed by atoms with Crippen molar-refractivity contribution in [3.05, 3.63) is 70.6 Å². The van der Waals surface area contributed by atoms with Crippen molar-refractivity contribution in [2.75, 3.05) is 27.2 Å². The van der Waals surface area contributed by atoms with Crippen molar-refractivity contribution in [2.45, 2.75) is 24.8 Å². The van der Waals surface area contributed by atoms with Crippen LogP contribution in [-0.4, -0.2) is 53.4 Å².